The minimum atomic E-state index is -0.221. The van der Waals surface area contributed by atoms with E-state index in [2.05, 4.69) is 20.5 Å². The highest BCUT2D eigenvalue weighted by molar-refractivity contribution is 7.19. The van der Waals surface area contributed by atoms with Gasteiger partial charge in [0.25, 0.3) is 0 Å². The van der Waals surface area contributed by atoms with Crippen molar-refractivity contribution in [1.82, 2.24) is 20.1 Å². The fourth-order valence-corrected chi connectivity index (χ4v) is 6.23. The standard InChI is InChI=1S/C25H30Cl2N6O2S/c1-2-21(30-23-29-14-20(27)36-23)33-16-25(18-13-17(26)6-7-19(18)33)8-12-32(15-25)24(35)28-9-3-5-22(34)31-10-4-11-31/h2,6-7,13-14H,3-5,8-12,15-16H2,1H3,(H,28,35)(H,29,30). The predicted molar refractivity (Wildman–Crippen MR) is 145 cm³/mol. The predicted octanol–water partition coefficient (Wildman–Crippen LogP) is 4.91. The number of hydrogen-bond donors (Lipinski definition) is 2. The molecule has 3 aliphatic heterocycles. The summed E-state index contributed by atoms with van der Waals surface area (Å²) in [7, 11) is 0. The topological polar surface area (TPSA) is 80.8 Å². The molecule has 3 aliphatic rings. The van der Waals surface area contributed by atoms with Crippen molar-refractivity contribution in [3.05, 3.63) is 51.2 Å². The molecule has 1 aromatic carbocycles. The van der Waals surface area contributed by atoms with Crippen molar-refractivity contribution in [3.8, 4) is 0 Å². The molecule has 2 aromatic rings. The van der Waals surface area contributed by atoms with Crippen LogP contribution in [0, 0.1) is 0 Å². The molecule has 11 heteroatoms. The molecule has 36 heavy (non-hydrogen) atoms. The number of anilines is 2. The second-order valence-electron chi connectivity index (χ2n) is 9.54. The van der Waals surface area contributed by atoms with Crippen molar-refractivity contribution in [3.63, 3.8) is 0 Å². The molecule has 4 heterocycles. The van der Waals surface area contributed by atoms with Crippen LogP contribution in [0.3, 0.4) is 0 Å². The van der Waals surface area contributed by atoms with E-state index in [9.17, 15) is 9.59 Å². The highest BCUT2D eigenvalue weighted by atomic mass is 35.5. The molecular formula is C25H30Cl2N6O2S. The third-order valence-corrected chi connectivity index (χ3v) is 8.52. The van der Waals surface area contributed by atoms with Gasteiger partial charge in [-0.15, -0.1) is 0 Å². The van der Waals surface area contributed by atoms with Crippen LogP contribution in [-0.2, 0) is 10.2 Å². The number of carbonyl (C=O) groups is 2. The number of carbonyl (C=O) groups excluding carboxylic acids is 2. The van der Waals surface area contributed by atoms with Crippen LogP contribution in [0.25, 0.3) is 0 Å². The Kier molecular flexibility index (Phi) is 7.32. The van der Waals surface area contributed by atoms with Crippen LogP contribution in [0.4, 0.5) is 15.6 Å². The third kappa shape index (κ3) is 5.01. The summed E-state index contributed by atoms with van der Waals surface area (Å²) in [5.41, 5.74) is 2.01. The summed E-state index contributed by atoms with van der Waals surface area (Å²) in [6.45, 7) is 6.22. The van der Waals surface area contributed by atoms with Gasteiger partial charge in [-0.2, -0.15) is 0 Å². The van der Waals surface area contributed by atoms with E-state index < -0.39 is 0 Å². The van der Waals surface area contributed by atoms with Gasteiger partial charge in [0.15, 0.2) is 5.13 Å². The normalized spacial score (nSPS) is 21.1. The summed E-state index contributed by atoms with van der Waals surface area (Å²) in [5, 5.41) is 7.82. The van der Waals surface area contributed by atoms with Gasteiger partial charge in [-0.1, -0.05) is 34.5 Å². The average molecular weight is 550 g/mol. The van der Waals surface area contributed by atoms with E-state index in [0.717, 1.165) is 54.7 Å². The Morgan fingerprint density at radius 2 is 2.03 bits per heavy atom. The number of halogens is 2. The lowest BCUT2D eigenvalue weighted by atomic mass is 9.81. The van der Waals surface area contributed by atoms with Crippen molar-refractivity contribution in [2.75, 3.05) is 49.5 Å². The van der Waals surface area contributed by atoms with E-state index in [1.807, 2.05) is 41.0 Å². The minimum Gasteiger partial charge on any atom is -0.343 e. The summed E-state index contributed by atoms with van der Waals surface area (Å²) in [5.74, 6) is 1.10. The second kappa shape index (κ2) is 10.5. The zero-order valence-electron chi connectivity index (χ0n) is 20.2. The Hall–Kier alpha value is -2.49. The molecule has 2 N–H and O–H groups in total. The molecule has 1 atom stereocenters. The summed E-state index contributed by atoms with van der Waals surface area (Å²) >= 11 is 13.9. The number of likely N-dealkylation sites (tertiary alicyclic amines) is 2. The molecule has 0 saturated carbocycles. The Morgan fingerprint density at radius 3 is 2.72 bits per heavy atom. The zero-order valence-corrected chi connectivity index (χ0v) is 22.6. The Balaban J connectivity index is 1.25. The van der Waals surface area contributed by atoms with Gasteiger partial charge >= 0.3 is 6.03 Å². The maximum atomic E-state index is 13.0. The van der Waals surface area contributed by atoms with E-state index in [4.69, 9.17) is 23.2 Å². The third-order valence-electron chi connectivity index (χ3n) is 7.25. The quantitative estimate of drug-likeness (QED) is 0.480. The van der Waals surface area contributed by atoms with Crippen LogP contribution >= 0.6 is 34.5 Å². The Morgan fingerprint density at radius 1 is 1.19 bits per heavy atom. The zero-order chi connectivity index (χ0) is 25.3. The highest BCUT2D eigenvalue weighted by Crippen LogP contribution is 2.48. The lowest BCUT2D eigenvalue weighted by Crippen LogP contribution is -2.43. The number of aromatic nitrogens is 1. The van der Waals surface area contributed by atoms with Crippen molar-refractivity contribution < 1.29 is 9.59 Å². The van der Waals surface area contributed by atoms with Gasteiger partial charge in [0.1, 0.15) is 10.2 Å². The van der Waals surface area contributed by atoms with Crippen LogP contribution in [0.15, 0.2) is 36.3 Å². The first kappa shape index (κ1) is 25.2. The van der Waals surface area contributed by atoms with Gasteiger partial charge < -0.3 is 25.3 Å². The molecule has 8 nitrogen and oxygen atoms in total. The van der Waals surface area contributed by atoms with Crippen molar-refractivity contribution in [2.45, 2.75) is 38.0 Å². The number of amides is 3. The summed E-state index contributed by atoms with van der Waals surface area (Å²) in [6, 6.07) is 5.91. The molecule has 0 aliphatic carbocycles. The summed E-state index contributed by atoms with van der Waals surface area (Å²) in [4.78, 5) is 35.3. The molecule has 0 radical (unpaired) electrons. The van der Waals surface area contributed by atoms with E-state index in [1.165, 1.54) is 11.3 Å². The average Bonchev–Trinajstić information content (AvgIpc) is 3.52. The molecule has 2 saturated heterocycles. The Labute approximate surface area is 225 Å². The van der Waals surface area contributed by atoms with Crippen molar-refractivity contribution in [2.24, 2.45) is 0 Å². The number of urea groups is 1. The van der Waals surface area contributed by atoms with Gasteiger partial charge in [0.2, 0.25) is 5.91 Å². The number of hydrogen-bond acceptors (Lipinski definition) is 6. The number of nitrogens with one attached hydrogen (secondary N) is 2. The van der Waals surface area contributed by atoms with Crippen LogP contribution < -0.4 is 15.5 Å². The number of benzene rings is 1. The van der Waals surface area contributed by atoms with Gasteiger partial charge in [0.05, 0.1) is 6.20 Å². The highest BCUT2D eigenvalue weighted by Gasteiger charge is 2.49. The molecule has 192 valence electrons. The Bertz CT molecular complexity index is 1180. The van der Waals surface area contributed by atoms with Gasteiger partial charge in [-0.3, -0.25) is 4.79 Å². The monoisotopic (exact) mass is 548 g/mol. The summed E-state index contributed by atoms with van der Waals surface area (Å²) < 4.78 is 0.625. The minimum absolute atomic E-state index is 0.0767. The van der Waals surface area contributed by atoms with Gasteiger partial charge in [0, 0.05) is 61.8 Å². The molecule has 1 unspecified atom stereocenters. The fraction of sp³-hybridized carbons (Fsp3) is 0.480. The second-order valence-corrected chi connectivity index (χ2v) is 11.6. The lowest BCUT2D eigenvalue weighted by Gasteiger charge is -2.31. The maximum Gasteiger partial charge on any atom is 0.317 e. The lowest BCUT2D eigenvalue weighted by molar-refractivity contribution is -0.134. The molecule has 2 fully saturated rings. The first-order valence-electron chi connectivity index (χ1n) is 12.3. The molecule has 1 aromatic heterocycles. The molecule has 5 rings (SSSR count). The smallest absolute Gasteiger partial charge is 0.317 e. The first-order valence-corrected chi connectivity index (χ1v) is 13.9. The molecule has 1 spiro atoms. The van der Waals surface area contributed by atoms with Crippen LogP contribution in [0.2, 0.25) is 9.36 Å². The maximum absolute atomic E-state index is 13.0. The van der Waals surface area contributed by atoms with E-state index in [1.54, 1.807) is 6.20 Å². The largest absolute Gasteiger partial charge is 0.343 e. The van der Waals surface area contributed by atoms with Crippen LogP contribution in [0.5, 0.6) is 0 Å². The van der Waals surface area contributed by atoms with E-state index in [-0.39, 0.29) is 17.4 Å². The fourth-order valence-electron chi connectivity index (χ4n) is 5.24. The van der Waals surface area contributed by atoms with Gasteiger partial charge in [-0.25, -0.2) is 9.78 Å². The van der Waals surface area contributed by atoms with E-state index in [0.29, 0.717) is 41.8 Å². The molecule has 0 bridgehead atoms. The SMILES string of the molecule is CC=C(Nc1ncc(Cl)s1)N1CC2(CCN(C(=O)NCCCC(=O)N3CCC3)C2)c2cc(Cl)ccc21. The number of fused-ring (bicyclic) bond motifs is 2. The number of rotatable bonds is 7. The van der Waals surface area contributed by atoms with Crippen molar-refractivity contribution >= 4 is 57.3 Å². The molecule has 3 amide bonds. The number of allylic oxidation sites excluding steroid dienone is 1. The molecular weight excluding hydrogens is 519 g/mol. The van der Waals surface area contributed by atoms with Crippen LogP contribution in [0.1, 0.15) is 38.2 Å². The number of thiazole rings is 1. The first-order chi connectivity index (χ1) is 17.4. The van der Waals surface area contributed by atoms with E-state index >= 15 is 0 Å². The van der Waals surface area contributed by atoms with Crippen LogP contribution in [-0.4, -0.2) is 66.0 Å². The van der Waals surface area contributed by atoms with Crippen molar-refractivity contribution in [1.29, 1.82) is 0 Å². The summed E-state index contributed by atoms with van der Waals surface area (Å²) in [6.07, 6.45) is 6.73. The number of nitrogens with zero attached hydrogens (tertiary/aromatic N) is 4. The van der Waals surface area contributed by atoms with Gasteiger partial charge in [-0.05, 0) is 56.0 Å².